The molecule has 5 nitrogen and oxygen atoms in total. The van der Waals surface area contributed by atoms with Crippen molar-refractivity contribution < 1.29 is 4.79 Å². The van der Waals surface area contributed by atoms with Crippen molar-refractivity contribution in [2.45, 2.75) is 18.5 Å². The molecule has 0 aliphatic rings. The lowest BCUT2D eigenvalue weighted by Gasteiger charge is -2.09. The van der Waals surface area contributed by atoms with Gasteiger partial charge in [0.2, 0.25) is 5.91 Å². The van der Waals surface area contributed by atoms with Gasteiger partial charge in [0, 0.05) is 11.6 Å². The van der Waals surface area contributed by atoms with Gasteiger partial charge in [-0.3, -0.25) is 9.36 Å². The van der Waals surface area contributed by atoms with Crippen molar-refractivity contribution >= 4 is 29.3 Å². The summed E-state index contributed by atoms with van der Waals surface area (Å²) in [7, 11) is 0. The molecule has 0 radical (unpaired) electrons. The van der Waals surface area contributed by atoms with Crippen molar-refractivity contribution in [1.29, 1.82) is 0 Å². The second-order valence-corrected chi connectivity index (χ2v) is 7.16. The Morgan fingerprint density at radius 3 is 2.73 bits per heavy atom. The highest BCUT2D eigenvalue weighted by Gasteiger charge is 2.11. The van der Waals surface area contributed by atoms with E-state index in [1.165, 1.54) is 11.8 Å². The third kappa shape index (κ3) is 4.86. The average Bonchev–Trinajstić information content (AvgIpc) is 3.10. The van der Waals surface area contributed by atoms with Crippen LogP contribution in [-0.4, -0.2) is 33.0 Å². The molecule has 0 saturated heterocycles. The average molecular weight is 387 g/mol. The van der Waals surface area contributed by atoms with Crippen molar-refractivity contribution in [2.24, 2.45) is 0 Å². The molecule has 1 heterocycles. The maximum atomic E-state index is 12.1. The van der Waals surface area contributed by atoms with E-state index in [-0.39, 0.29) is 5.91 Å². The Morgan fingerprint density at radius 2 is 1.96 bits per heavy atom. The van der Waals surface area contributed by atoms with Crippen LogP contribution in [0.25, 0.3) is 5.69 Å². The van der Waals surface area contributed by atoms with Gasteiger partial charge in [-0.05, 0) is 42.7 Å². The molecule has 0 unspecified atom stereocenters. The van der Waals surface area contributed by atoms with Gasteiger partial charge in [-0.2, -0.15) is 0 Å². The third-order valence-corrected chi connectivity index (χ3v) is 5.07. The molecule has 0 saturated carbocycles. The van der Waals surface area contributed by atoms with Gasteiger partial charge in [0.05, 0.1) is 11.4 Å². The topological polar surface area (TPSA) is 59.8 Å². The molecule has 0 bridgehead atoms. The quantitative estimate of drug-likeness (QED) is 0.629. The summed E-state index contributed by atoms with van der Waals surface area (Å²) in [5.74, 6) is 0.272. The number of hydrogen-bond acceptors (Lipinski definition) is 4. The predicted molar refractivity (Wildman–Crippen MR) is 105 cm³/mol. The fourth-order valence-electron chi connectivity index (χ4n) is 2.50. The molecule has 3 aromatic rings. The van der Waals surface area contributed by atoms with Crippen LogP contribution in [0.2, 0.25) is 5.02 Å². The number of carbonyl (C=O) groups excluding carboxylic acids is 1. The lowest BCUT2D eigenvalue weighted by atomic mass is 10.1. The molecule has 7 heteroatoms. The van der Waals surface area contributed by atoms with Crippen molar-refractivity contribution in [3.05, 3.63) is 71.0 Å². The highest BCUT2D eigenvalue weighted by atomic mass is 35.5. The fourth-order valence-corrected chi connectivity index (χ4v) is 3.38. The standard InChI is InChI=1S/C19H19ClN4OS/c1-14-4-2-3-5-17(14)24-13-22-23-19(24)26-12-18(25)21-11-10-15-6-8-16(20)9-7-15/h2-9,13H,10-12H2,1H3,(H,21,25). The number of rotatable bonds is 7. The number of nitrogens with one attached hydrogen (secondary N) is 1. The first-order valence-electron chi connectivity index (χ1n) is 8.23. The summed E-state index contributed by atoms with van der Waals surface area (Å²) in [6.07, 6.45) is 2.44. The van der Waals surface area contributed by atoms with Gasteiger partial charge in [0.25, 0.3) is 0 Å². The van der Waals surface area contributed by atoms with E-state index in [0.717, 1.165) is 23.2 Å². The van der Waals surface area contributed by atoms with Crippen LogP contribution in [0.3, 0.4) is 0 Å². The molecule has 2 aromatic carbocycles. The van der Waals surface area contributed by atoms with Crippen LogP contribution in [0.4, 0.5) is 0 Å². The molecule has 3 rings (SSSR count). The van der Waals surface area contributed by atoms with Crippen LogP contribution in [0.5, 0.6) is 0 Å². The van der Waals surface area contributed by atoms with Gasteiger partial charge in [-0.25, -0.2) is 0 Å². The molecular formula is C19H19ClN4OS. The SMILES string of the molecule is Cc1ccccc1-n1cnnc1SCC(=O)NCCc1ccc(Cl)cc1. The first kappa shape index (κ1) is 18.5. The van der Waals surface area contributed by atoms with Gasteiger partial charge >= 0.3 is 0 Å². The number of halogens is 1. The number of thioether (sulfide) groups is 1. The summed E-state index contributed by atoms with van der Waals surface area (Å²) in [6, 6.07) is 15.6. The van der Waals surface area contributed by atoms with Crippen LogP contribution in [0, 0.1) is 6.92 Å². The van der Waals surface area contributed by atoms with Gasteiger partial charge in [-0.1, -0.05) is 53.7 Å². The molecule has 1 amide bonds. The Bertz CT molecular complexity index is 879. The minimum Gasteiger partial charge on any atom is -0.355 e. The van der Waals surface area contributed by atoms with Crippen molar-refractivity contribution in [1.82, 2.24) is 20.1 Å². The Hall–Kier alpha value is -2.31. The second kappa shape index (κ2) is 8.87. The largest absolute Gasteiger partial charge is 0.355 e. The molecule has 0 atom stereocenters. The summed E-state index contributed by atoms with van der Waals surface area (Å²) in [5.41, 5.74) is 3.28. The zero-order chi connectivity index (χ0) is 18.4. The van der Waals surface area contributed by atoms with Gasteiger partial charge in [0.1, 0.15) is 6.33 Å². The van der Waals surface area contributed by atoms with Crippen LogP contribution < -0.4 is 5.32 Å². The Balaban J connectivity index is 1.50. The van der Waals surface area contributed by atoms with Crippen LogP contribution in [-0.2, 0) is 11.2 Å². The smallest absolute Gasteiger partial charge is 0.230 e. The van der Waals surface area contributed by atoms with Gasteiger partial charge < -0.3 is 5.32 Å². The Morgan fingerprint density at radius 1 is 1.19 bits per heavy atom. The number of aryl methyl sites for hydroxylation is 1. The van der Waals surface area contributed by atoms with Crippen LogP contribution in [0.15, 0.2) is 60.0 Å². The normalized spacial score (nSPS) is 10.7. The van der Waals surface area contributed by atoms with E-state index >= 15 is 0 Å². The lowest BCUT2D eigenvalue weighted by molar-refractivity contribution is -0.118. The summed E-state index contributed by atoms with van der Waals surface area (Å²) in [5, 5.41) is 12.4. The van der Waals surface area contributed by atoms with E-state index in [1.54, 1.807) is 6.33 Å². The zero-order valence-corrected chi connectivity index (χ0v) is 15.9. The van der Waals surface area contributed by atoms with E-state index in [4.69, 9.17) is 11.6 Å². The fraction of sp³-hybridized carbons (Fsp3) is 0.211. The van der Waals surface area contributed by atoms with Crippen molar-refractivity contribution in [3.8, 4) is 5.69 Å². The highest BCUT2D eigenvalue weighted by Crippen LogP contribution is 2.21. The van der Waals surface area contributed by atoms with E-state index in [9.17, 15) is 4.79 Å². The van der Waals surface area contributed by atoms with Gasteiger partial charge in [0.15, 0.2) is 5.16 Å². The Labute approximate surface area is 161 Å². The maximum Gasteiger partial charge on any atom is 0.230 e. The van der Waals surface area contributed by atoms with Gasteiger partial charge in [-0.15, -0.1) is 10.2 Å². The van der Waals surface area contributed by atoms with Crippen molar-refractivity contribution in [2.75, 3.05) is 12.3 Å². The summed E-state index contributed by atoms with van der Waals surface area (Å²) < 4.78 is 1.90. The minimum atomic E-state index is -0.0247. The Kier molecular flexibility index (Phi) is 6.30. The number of hydrogen-bond donors (Lipinski definition) is 1. The number of amides is 1. The first-order valence-corrected chi connectivity index (χ1v) is 9.60. The number of carbonyl (C=O) groups is 1. The molecule has 0 aliphatic carbocycles. The monoisotopic (exact) mass is 386 g/mol. The van der Waals surface area contributed by atoms with Crippen LogP contribution in [0.1, 0.15) is 11.1 Å². The third-order valence-electron chi connectivity index (χ3n) is 3.87. The highest BCUT2D eigenvalue weighted by molar-refractivity contribution is 7.99. The summed E-state index contributed by atoms with van der Waals surface area (Å²) in [6.45, 7) is 2.62. The lowest BCUT2D eigenvalue weighted by Crippen LogP contribution is -2.27. The molecule has 0 aliphatic heterocycles. The summed E-state index contributed by atoms with van der Waals surface area (Å²) in [4.78, 5) is 12.1. The van der Waals surface area contributed by atoms with E-state index < -0.39 is 0 Å². The molecule has 1 aromatic heterocycles. The van der Waals surface area contributed by atoms with Crippen molar-refractivity contribution in [3.63, 3.8) is 0 Å². The molecule has 26 heavy (non-hydrogen) atoms. The number of benzene rings is 2. The number of nitrogens with zero attached hydrogens (tertiary/aromatic N) is 3. The minimum absolute atomic E-state index is 0.0247. The number of aromatic nitrogens is 3. The van der Waals surface area contributed by atoms with E-state index in [0.29, 0.717) is 22.5 Å². The number of para-hydroxylation sites is 1. The first-order chi connectivity index (χ1) is 12.6. The predicted octanol–water partition coefficient (Wildman–Crippen LogP) is 3.68. The molecule has 1 N–H and O–H groups in total. The second-order valence-electron chi connectivity index (χ2n) is 5.79. The van der Waals surface area contributed by atoms with Crippen LogP contribution >= 0.6 is 23.4 Å². The molecule has 0 fully saturated rings. The van der Waals surface area contributed by atoms with E-state index in [1.807, 2.05) is 60.0 Å². The molecular weight excluding hydrogens is 368 g/mol. The van der Waals surface area contributed by atoms with E-state index in [2.05, 4.69) is 15.5 Å². The maximum absolute atomic E-state index is 12.1. The molecule has 0 spiro atoms. The zero-order valence-electron chi connectivity index (χ0n) is 14.4. The summed E-state index contributed by atoms with van der Waals surface area (Å²) >= 11 is 7.24. The molecule has 134 valence electrons.